The SMILES string of the molecule is CN(C)CCSc1nnc(N)s1. The van der Waals surface area contributed by atoms with Crippen molar-refractivity contribution in [1.82, 2.24) is 15.1 Å². The lowest BCUT2D eigenvalue weighted by Crippen LogP contribution is -2.14. The summed E-state index contributed by atoms with van der Waals surface area (Å²) in [6.07, 6.45) is 0. The van der Waals surface area contributed by atoms with Gasteiger partial charge in [-0.2, -0.15) is 0 Å². The number of nitrogen functional groups attached to an aromatic ring is 1. The molecule has 12 heavy (non-hydrogen) atoms. The molecule has 1 aromatic rings. The third-order valence-electron chi connectivity index (χ3n) is 1.19. The molecular weight excluding hydrogens is 192 g/mol. The van der Waals surface area contributed by atoms with Crippen LogP contribution in [0.25, 0.3) is 0 Å². The maximum Gasteiger partial charge on any atom is 0.203 e. The van der Waals surface area contributed by atoms with Gasteiger partial charge in [0.25, 0.3) is 0 Å². The maximum atomic E-state index is 5.43. The lowest BCUT2D eigenvalue weighted by atomic mass is 10.7. The molecular formula is C6H12N4S2. The van der Waals surface area contributed by atoms with Crippen molar-refractivity contribution in [2.45, 2.75) is 4.34 Å². The number of rotatable bonds is 4. The molecule has 0 saturated carbocycles. The van der Waals surface area contributed by atoms with Gasteiger partial charge in [-0.05, 0) is 14.1 Å². The Bertz CT molecular complexity index is 235. The highest BCUT2D eigenvalue weighted by Crippen LogP contribution is 2.22. The molecule has 0 aromatic carbocycles. The molecule has 68 valence electrons. The summed E-state index contributed by atoms with van der Waals surface area (Å²) in [5.74, 6) is 1.03. The third-order valence-corrected chi connectivity index (χ3v) is 3.05. The van der Waals surface area contributed by atoms with Crippen LogP contribution in [0.1, 0.15) is 0 Å². The molecule has 0 saturated heterocycles. The van der Waals surface area contributed by atoms with E-state index in [1.807, 2.05) is 0 Å². The van der Waals surface area contributed by atoms with Crippen molar-refractivity contribution in [2.75, 3.05) is 32.1 Å². The van der Waals surface area contributed by atoms with Crippen LogP contribution in [-0.2, 0) is 0 Å². The first-order valence-electron chi connectivity index (χ1n) is 3.55. The molecule has 6 heteroatoms. The summed E-state index contributed by atoms with van der Waals surface area (Å²) in [6.45, 7) is 1.05. The molecule has 1 aromatic heterocycles. The highest BCUT2D eigenvalue weighted by Gasteiger charge is 2.00. The molecule has 0 amide bonds. The minimum Gasteiger partial charge on any atom is -0.374 e. The molecule has 1 rings (SSSR count). The zero-order valence-corrected chi connectivity index (χ0v) is 8.78. The maximum absolute atomic E-state index is 5.43. The Balaban J connectivity index is 2.24. The number of aromatic nitrogens is 2. The van der Waals surface area contributed by atoms with Crippen LogP contribution in [0.2, 0.25) is 0 Å². The molecule has 1 heterocycles. The van der Waals surface area contributed by atoms with E-state index in [0.29, 0.717) is 5.13 Å². The van der Waals surface area contributed by atoms with Gasteiger partial charge in [0.05, 0.1) is 0 Å². The number of nitrogens with two attached hydrogens (primary N) is 1. The topological polar surface area (TPSA) is 55.0 Å². The van der Waals surface area contributed by atoms with E-state index in [2.05, 4.69) is 29.2 Å². The normalized spacial score (nSPS) is 10.9. The van der Waals surface area contributed by atoms with Crippen molar-refractivity contribution in [1.29, 1.82) is 0 Å². The number of nitrogens with zero attached hydrogens (tertiary/aromatic N) is 3. The van der Waals surface area contributed by atoms with Crippen LogP contribution < -0.4 is 5.73 Å². The second kappa shape index (κ2) is 4.64. The summed E-state index contributed by atoms with van der Waals surface area (Å²) in [5.41, 5.74) is 5.43. The van der Waals surface area contributed by atoms with Gasteiger partial charge < -0.3 is 10.6 Å². The van der Waals surface area contributed by atoms with Gasteiger partial charge in [-0.25, -0.2) is 0 Å². The van der Waals surface area contributed by atoms with E-state index in [4.69, 9.17) is 5.73 Å². The van der Waals surface area contributed by atoms with Crippen molar-refractivity contribution >= 4 is 28.2 Å². The fraction of sp³-hybridized carbons (Fsp3) is 0.667. The Morgan fingerprint density at radius 3 is 2.75 bits per heavy atom. The molecule has 0 spiro atoms. The zero-order chi connectivity index (χ0) is 8.97. The lowest BCUT2D eigenvalue weighted by Gasteiger charge is -2.06. The fourth-order valence-corrected chi connectivity index (χ4v) is 2.41. The highest BCUT2D eigenvalue weighted by molar-refractivity contribution is 8.01. The number of thioether (sulfide) groups is 1. The van der Waals surface area contributed by atoms with Crippen LogP contribution in [0.3, 0.4) is 0 Å². The second-order valence-electron chi connectivity index (χ2n) is 2.56. The van der Waals surface area contributed by atoms with Crippen molar-refractivity contribution in [3.05, 3.63) is 0 Å². The molecule has 0 aliphatic carbocycles. The van der Waals surface area contributed by atoms with Gasteiger partial charge in [0, 0.05) is 12.3 Å². The zero-order valence-electron chi connectivity index (χ0n) is 7.15. The van der Waals surface area contributed by atoms with Gasteiger partial charge in [-0.1, -0.05) is 23.1 Å². The first-order valence-corrected chi connectivity index (χ1v) is 5.35. The van der Waals surface area contributed by atoms with E-state index < -0.39 is 0 Å². The van der Waals surface area contributed by atoms with E-state index in [1.54, 1.807) is 11.8 Å². The third kappa shape index (κ3) is 3.38. The second-order valence-corrected chi connectivity index (χ2v) is 4.91. The van der Waals surface area contributed by atoms with Gasteiger partial charge in [-0.15, -0.1) is 10.2 Å². The van der Waals surface area contributed by atoms with Gasteiger partial charge in [0.15, 0.2) is 4.34 Å². The van der Waals surface area contributed by atoms with E-state index in [-0.39, 0.29) is 0 Å². The predicted octanol–water partition coefficient (Wildman–Crippen LogP) is 0.774. The quantitative estimate of drug-likeness (QED) is 0.734. The summed E-state index contributed by atoms with van der Waals surface area (Å²) < 4.78 is 0.953. The monoisotopic (exact) mass is 204 g/mol. The summed E-state index contributed by atoms with van der Waals surface area (Å²) in [4.78, 5) is 2.14. The molecule has 0 aliphatic rings. The molecule has 0 fully saturated rings. The van der Waals surface area contributed by atoms with Crippen LogP contribution in [0.5, 0.6) is 0 Å². The largest absolute Gasteiger partial charge is 0.374 e. The van der Waals surface area contributed by atoms with Crippen LogP contribution in [0, 0.1) is 0 Å². The van der Waals surface area contributed by atoms with Crippen molar-refractivity contribution in [3.63, 3.8) is 0 Å². The minimum atomic E-state index is 0.544. The number of hydrogen-bond donors (Lipinski definition) is 1. The molecule has 0 aliphatic heterocycles. The first kappa shape index (κ1) is 9.76. The molecule has 0 radical (unpaired) electrons. The van der Waals surface area contributed by atoms with Gasteiger partial charge in [0.1, 0.15) is 0 Å². The van der Waals surface area contributed by atoms with Crippen LogP contribution in [-0.4, -0.2) is 41.5 Å². The average Bonchev–Trinajstić information content (AvgIpc) is 2.35. The fourth-order valence-electron chi connectivity index (χ4n) is 0.594. The van der Waals surface area contributed by atoms with Crippen molar-refractivity contribution < 1.29 is 0 Å². The number of hydrogen-bond acceptors (Lipinski definition) is 6. The summed E-state index contributed by atoms with van der Waals surface area (Å²) in [7, 11) is 4.10. The first-order chi connectivity index (χ1) is 5.68. The van der Waals surface area contributed by atoms with Crippen molar-refractivity contribution in [2.24, 2.45) is 0 Å². The van der Waals surface area contributed by atoms with E-state index in [9.17, 15) is 0 Å². The Kier molecular flexibility index (Phi) is 3.77. The van der Waals surface area contributed by atoms with E-state index in [0.717, 1.165) is 16.6 Å². The molecule has 0 atom stereocenters. The van der Waals surface area contributed by atoms with Crippen LogP contribution in [0.4, 0.5) is 5.13 Å². The van der Waals surface area contributed by atoms with Crippen molar-refractivity contribution in [3.8, 4) is 0 Å². The van der Waals surface area contributed by atoms with Crippen LogP contribution >= 0.6 is 23.1 Å². The number of anilines is 1. The Hall–Kier alpha value is -0.330. The smallest absolute Gasteiger partial charge is 0.203 e. The Morgan fingerprint density at radius 2 is 2.25 bits per heavy atom. The summed E-state index contributed by atoms with van der Waals surface area (Å²) >= 11 is 3.13. The minimum absolute atomic E-state index is 0.544. The standard InChI is InChI=1S/C6H12N4S2/c1-10(2)3-4-11-6-9-8-5(7)12-6/h3-4H2,1-2H3,(H2,7,8). The van der Waals surface area contributed by atoms with E-state index in [1.165, 1.54) is 11.3 Å². The van der Waals surface area contributed by atoms with Gasteiger partial charge in [0.2, 0.25) is 5.13 Å². The highest BCUT2D eigenvalue weighted by atomic mass is 32.2. The summed E-state index contributed by atoms with van der Waals surface area (Å²) in [6, 6.07) is 0. The lowest BCUT2D eigenvalue weighted by molar-refractivity contribution is 0.437. The van der Waals surface area contributed by atoms with Gasteiger partial charge >= 0.3 is 0 Å². The van der Waals surface area contributed by atoms with Gasteiger partial charge in [-0.3, -0.25) is 0 Å². The molecule has 0 unspecified atom stereocenters. The molecule has 4 nitrogen and oxygen atoms in total. The summed E-state index contributed by atoms with van der Waals surface area (Å²) in [5, 5.41) is 8.17. The van der Waals surface area contributed by atoms with E-state index >= 15 is 0 Å². The predicted molar refractivity (Wildman–Crippen MR) is 53.6 cm³/mol. The van der Waals surface area contributed by atoms with Crippen LogP contribution in [0.15, 0.2) is 4.34 Å². The molecule has 0 bridgehead atoms. The average molecular weight is 204 g/mol. The Morgan fingerprint density at radius 1 is 1.50 bits per heavy atom. The molecule has 2 N–H and O–H groups in total. The Labute approximate surface area is 80.2 Å².